The number of fused-ring (bicyclic) bond motifs is 2. The van der Waals surface area contributed by atoms with Crippen molar-refractivity contribution in [2.24, 2.45) is 4.99 Å². The SMILES string of the molecule is O=C(O)c1nc[nH]c1-c1c2cc/c(=N/CC(F)(F)F)cc-2oc2cc(NCC(F)(F)F)ccc12. The largest absolute Gasteiger partial charge is 0.476 e. The zero-order valence-electron chi connectivity index (χ0n) is 16.9. The number of rotatable bonds is 5. The normalized spacial score (nSPS) is 13.1. The summed E-state index contributed by atoms with van der Waals surface area (Å²) in [4.78, 5) is 21.7. The molecule has 1 aromatic heterocycles. The van der Waals surface area contributed by atoms with Crippen LogP contribution in [0.3, 0.4) is 0 Å². The quantitative estimate of drug-likeness (QED) is 0.271. The lowest BCUT2D eigenvalue weighted by Gasteiger charge is -2.16. The van der Waals surface area contributed by atoms with Crippen molar-refractivity contribution in [3.8, 4) is 22.6 Å². The van der Waals surface area contributed by atoms with Gasteiger partial charge in [0, 0.05) is 34.3 Å². The van der Waals surface area contributed by atoms with Crippen molar-refractivity contribution in [1.82, 2.24) is 9.97 Å². The summed E-state index contributed by atoms with van der Waals surface area (Å²) in [5, 5.41) is 12.0. The molecule has 0 amide bonds. The highest BCUT2D eigenvalue weighted by molar-refractivity contribution is 6.06. The van der Waals surface area contributed by atoms with Crippen molar-refractivity contribution in [3.05, 3.63) is 53.8 Å². The fourth-order valence-electron chi connectivity index (χ4n) is 3.39. The first-order valence-electron chi connectivity index (χ1n) is 9.57. The van der Waals surface area contributed by atoms with Gasteiger partial charge < -0.3 is 19.8 Å². The number of halogens is 6. The molecular formula is C21H14F6N4O3. The molecule has 2 aliphatic rings. The molecule has 1 aliphatic heterocycles. The number of anilines is 1. The Bertz CT molecular complexity index is 1400. The maximum absolute atomic E-state index is 12.6. The Morgan fingerprint density at radius 1 is 1.09 bits per heavy atom. The van der Waals surface area contributed by atoms with E-state index in [2.05, 4.69) is 20.3 Å². The standard InChI is InChI=1S/C21H14F6N4O3/c22-20(23,24)7-28-10-1-3-12-14(5-10)34-15-6-11(29-8-21(25,26)27)2-4-13(15)16(12)17-18(19(32)33)31-9-30-17/h1-6,9,28H,7-8H2,(H,30,31)(H,32,33)/b29-11-. The molecule has 7 nitrogen and oxygen atoms in total. The van der Waals surface area contributed by atoms with Gasteiger partial charge in [-0.25, -0.2) is 9.78 Å². The van der Waals surface area contributed by atoms with Gasteiger partial charge in [-0.15, -0.1) is 0 Å². The molecule has 1 aliphatic carbocycles. The summed E-state index contributed by atoms with van der Waals surface area (Å²) < 4.78 is 81.3. The summed E-state index contributed by atoms with van der Waals surface area (Å²) in [6.45, 7) is -2.72. The van der Waals surface area contributed by atoms with Crippen molar-refractivity contribution in [3.63, 3.8) is 0 Å². The average Bonchev–Trinajstić information content (AvgIpc) is 3.23. The van der Waals surface area contributed by atoms with Crippen LogP contribution in [0.2, 0.25) is 0 Å². The number of H-pyrrole nitrogens is 1. The summed E-state index contributed by atoms with van der Waals surface area (Å²) in [6, 6.07) is 8.06. The highest BCUT2D eigenvalue weighted by atomic mass is 19.4. The molecule has 4 rings (SSSR count). The molecule has 2 heterocycles. The average molecular weight is 484 g/mol. The second-order valence-electron chi connectivity index (χ2n) is 7.20. The zero-order chi connectivity index (χ0) is 24.7. The minimum atomic E-state index is -4.52. The maximum atomic E-state index is 12.6. The first-order valence-corrected chi connectivity index (χ1v) is 9.57. The van der Waals surface area contributed by atoms with Crippen LogP contribution in [0.15, 0.2) is 52.1 Å². The van der Waals surface area contributed by atoms with Crippen LogP contribution >= 0.6 is 0 Å². The number of aromatic carboxylic acids is 1. The minimum absolute atomic E-state index is 0.0461. The Kier molecular flexibility index (Phi) is 5.71. The number of hydrogen-bond donors (Lipinski definition) is 3. The molecule has 0 atom stereocenters. The molecule has 0 unspecified atom stereocenters. The van der Waals surface area contributed by atoms with Crippen LogP contribution in [0.1, 0.15) is 10.5 Å². The van der Waals surface area contributed by atoms with Crippen molar-refractivity contribution in [1.29, 1.82) is 0 Å². The molecule has 34 heavy (non-hydrogen) atoms. The maximum Gasteiger partial charge on any atom is 0.407 e. The van der Waals surface area contributed by atoms with Crippen LogP contribution in [-0.4, -0.2) is 46.5 Å². The number of carboxylic acids is 1. The topological polar surface area (TPSA) is 104 Å². The first-order chi connectivity index (χ1) is 15.9. The lowest BCUT2D eigenvalue weighted by Crippen LogP contribution is -2.21. The summed E-state index contributed by atoms with van der Waals surface area (Å²) in [6.07, 6.45) is -7.83. The Morgan fingerprint density at radius 2 is 1.85 bits per heavy atom. The number of aromatic amines is 1. The fraction of sp³-hybridized carbons (Fsp3) is 0.190. The van der Waals surface area contributed by atoms with Gasteiger partial charge >= 0.3 is 18.3 Å². The van der Waals surface area contributed by atoms with E-state index >= 15 is 0 Å². The number of hydrogen-bond acceptors (Lipinski definition) is 5. The number of aromatic nitrogens is 2. The van der Waals surface area contributed by atoms with E-state index in [1.807, 2.05) is 0 Å². The third-order valence-electron chi connectivity index (χ3n) is 4.73. The van der Waals surface area contributed by atoms with Gasteiger partial charge in [-0.2, -0.15) is 26.3 Å². The van der Waals surface area contributed by atoms with Crippen LogP contribution in [0.5, 0.6) is 0 Å². The van der Waals surface area contributed by atoms with Crippen LogP contribution in [-0.2, 0) is 0 Å². The molecule has 0 saturated carbocycles. The van der Waals surface area contributed by atoms with Gasteiger partial charge in [0.1, 0.15) is 24.4 Å². The number of nitrogens with zero attached hydrogens (tertiary/aromatic N) is 2. The van der Waals surface area contributed by atoms with E-state index in [4.69, 9.17) is 4.42 Å². The molecule has 0 spiro atoms. The van der Waals surface area contributed by atoms with Crippen LogP contribution in [0, 0.1) is 0 Å². The Hall–Kier alpha value is -4.03. The summed E-state index contributed by atoms with van der Waals surface area (Å²) in [7, 11) is 0. The van der Waals surface area contributed by atoms with Crippen LogP contribution in [0.4, 0.5) is 32.0 Å². The number of carbonyl (C=O) groups is 1. The number of nitrogens with one attached hydrogen (secondary N) is 2. The predicted octanol–water partition coefficient (Wildman–Crippen LogP) is 5.06. The monoisotopic (exact) mass is 484 g/mol. The Balaban J connectivity index is 1.95. The highest BCUT2D eigenvalue weighted by Crippen LogP contribution is 2.40. The zero-order valence-corrected chi connectivity index (χ0v) is 16.9. The summed E-state index contributed by atoms with van der Waals surface area (Å²) in [5.41, 5.74) is 0.540. The molecule has 178 valence electrons. The van der Waals surface area contributed by atoms with E-state index in [1.165, 1.54) is 36.4 Å². The van der Waals surface area contributed by atoms with Gasteiger partial charge in [-0.05, 0) is 24.3 Å². The lowest BCUT2D eigenvalue weighted by molar-refractivity contribution is -0.118. The Labute approximate surface area is 186 Å². The van der Waals surface area contributed by atoms with Gasteiger partial charge in [0.15, 0.2) is 5.69 Å². The van der Waals surface area contributed by atoms with Gasteiger partial charge in [0.05, 0.1) is 17.4 Å². The molecule has 1 aromatic carbocycles. The highest BCUT2D eigenvalue weighted by Gasteiger charge is 2.28. The Morgan fingerprint density at radius 3 is 2.53 bits per heavy atom. The minimum Gasteiger partial charge on any atom is -0.476 e. The number of carboxylic acid groups (broad SMARTS) is 1. The van der Waals surface area contributed by atoms with E-state index in [-0.39, 0.29) is 33.8 Å². The fourth-order valence-corrected chi connectivity index (χ4v) is 3.39. The molecule has 2 aromatic rings. The molecule has 0 radical (unpaired) electrons. The molecule has 3 N–H and O–H groups in total. The van der Waals surface area contributed by atoms with E-state index in [0.717, 1.165) is 6.33 Å². The lowest BCUT2D eigenvalue weighted by atomic mass is 9.96. The van der Waals surface area contributed by atoms with Crippen molar-refractivity contribution in [2.75, 3.05) is 18.4 Å². The predicted molar refractivity (Wildman–Crippen MR) is 108 cm³/mol. The number of benzene rings is 2. The van der Waals surface area contributed by atoms with Gasteiger partial charge in [-0.3, -0.25) is 4.99 Å². The molecule has 13 heteroatoms. The van der Waals surface area contributed by atoms with Gasteiger partial charge in [0.25, 0.3) is 0 Å². The summed E-state index contributed by atoms with van der Waals surface area (Å²) >= 11 is 0. The van der Waals surface area contributed by atoms with E-state index in [1.54, 1.807) is 0 Å². The van der Waals surface area contributed by atoms with E-state index in [0.29, 0.717) is 16.5 Å². The first kappa shape index (κ1) is 23.1. The van der Waals surface area contributed by atoms with Crippen molar-refractivity contribution >= 4 is 22.6 Å². The number of alkyl halides is 6. The van der Waals surface area contributed by atoms with Crippen LogP contribution < -0.4 is 10.7 Å². The second kappa shape index (κ2) is 8.39. The van der Waals surface area contributed by atoms with E-state index < -0.39 is 31.4 Å². The third kappa shape index (κ3) is 4.97. The molecule has 0 saturated heterocycles. The van der Waals surface area contributed by atoms with Gasteiger partial charge in [0.2, 0.25) is 0 Å². The smallest absolute Gasteiger partial charge is 0.407 e. The van der Waals surface area contributed by atoms with Crippen molar-refractivity contribution in [2.45, 2.75) is 12.4 Å². The second-order valence-corrected chi connectivity index (χ2v) is 7.20. The number of imidazole rings is 1. The molecular weight excluding hydrogens is 470 g/mol. The molecule has 0 bridgehead atoms. The van der Waals surface area contributed by atoms with Crippen LogP contribution in [0.25, 0.3) is 33.6 Å². The van der Waals surface area contributed by atoms with Crippen molar-refractivity contribution < 1.29 is 40.7 Å². The van der Waals surface area contributed by atoms with Gasteiger partial charge in [-0.1, -0.05) is 0 Å². The van der Waals surface area contributed by atoms with E-state index in [9.17, 15) is 36.2 Å². The molecule has 0 fully saturated rings. The summed E-state index contributed by atoms with van der Waals surface area (Å²) in [5.74, 6) is -1.29. The third-order valence-corrected chi connectivity index (χ3v) is 4.73.